The van der Waals surface area contributed by atoms with Gasteiger partial charge >= 0.3 is 12.2 Å². The van der Waals surface area contributed by atoms with Crippen molar-refractivity contribution in [1.29, 1.82) is 0 Å². The Morgan fingerprint density at radius 3 is 2.38 bits per heavy atom. The van der Waals surface area contributed by atoms with E-state index in [1.54, 1.807) is 10.6 Å². The van der Waals surface area contributed by atoms with Gasteiger partial charge in [-0.1, -0.05) is 26.7 Å². The molecular weight excluding hydrogens is 427 g/mol. The number of hydrogen-bond donors (Lipinski definition) is 2. The minimum Gasteiger partial charge on any atom is -0.491 e. The summed E-state index contributed by atoms with van der Waals surface area (Å²) < 4.78 is 47.9. The van der Waals surface area contributed by atoms with E-state index in [1.807, 2.05) is 27.7 Å². The lowest BCUT2D eigenvalue weighted by Gasteiger charge is -2.38. The molecule has 0 radical (unpaired) electrons. The van der Waals surface area contributed by atoms with E-state index in [1.165, 1.54) is 24.3 Å². The van der Waals surface area contributed by atoms with Gasteiger partial charge in [-0.15, -0.1) is 0 Å². The number of benzene rings is 1. The number of nitrogens with zero attached hydrogens (tertiary/aromatic N) is 1. The molecule has 2 N–H and O–H groups in total. The standard InChI is InChI=1S/C22H28F3N3O4/c1-12(2)32-16-10-8-15(9-11-16)18(29)26-21(22(23,24)25)19(30)28(20(31)27-21)17-7-5-6-13(3)14(17)4/h8-14,17H,5-7H2,1-4H3,(H,26,29)(H,27,31)/t13-,14+,17-,21+/m1/s1. The Balaban J connectivity index is 1.88. The number of urea groups is 1. The van der Waals surface area contributed by atoms with E-state index in [4.69, 9.17) is 4.74 Å². The lowest BCUT2D eigenvalue weighted by Crippen LogP contribution is -2.69. The first-order valence-corrected chi connectivity index (χ1v) is 10.7. The minimum atomic E-state index is -5.24. The van der Waals surface area contributed by atoms with Crippen LogP contribution in [0.25, 0.3) is 0 Å². The van der Waals surface area contributed by atoms with Crippen molar-refractivity contribution >= 4 is 17.8 Å². The lowest BCUT2D eigenvalue weighted by atomic mass is 9.77. The van der Waals surface area contributed by atoms with Crippen LogP contribution < -0.4 is 15.4 Å². The zero-order valence-electron chi connectivity index (χ0n) is 18.5. The number of nitrogens with one attached hydrogen (secondary N) is 2. The van der Waals surface area contributed by atoms with Gasteiger partial charge in [0.1, 0.15) is 5.75 Å². The molecule has 1 heterocycles. The Morgan fingerprint density at radius 2 is 1.81 bits per heavy atom. The lowest BCUT2D eigenvalue weighted by molar-refractivity contribution is -0.201. The second-order valence-corrected chi connectivity index (χ2v) is 8.83. The largest absolute Gasteiger partial charge is 0.491 e. The van der Waals surface area contributed by atoms with Gasteiger partial charge in [-0.05, 0) is 56.4 Å². The fraction of sp³-hybridized carbons (Fsp3) is 0.591. The molecule has 3 rings (SSSR count). The predicted molar refractivity (Wildman–Crippen MR) is 110 cm³/mol. The monoisotopic (exact) mass is 455 g/mol. The summed E-state index contributed by atoms with van der Waals surface area (Å²) in [7, 11) is 0. The van der Waals surface area contributed by atoms with Crippen molar-refractivity contribution in [3.63, 3.8) is 0 Å². The average Bonchev–Trinajstić information content (AvgIpc) is 2.95. The van der Waals surface area contributed by atoms with Gasteiger partial charge in [0, 0.05) is 11.6 Å². The normalized spacial score (nSPS) is 28.6. The number of hydrogen-bond acceptors (Lipinski definition) is 4. The summed E-state index contributed by atoms with van der Waals surface area (Å²) in [6, 6.07) is 3.66. The van der Waals surface area contributed by atoms with Gasteiger partial charge < -0.3 is 10.1 Å². The van der Waals surface area contributed by atoms with Gasteiger partial charge in [-0.3, -0.25) is 19.8 Å². The summed E-state index contributed by atoms with van der Waals surface area (Å²) in [5.74, 6) is -2.21. The van der Waals surface area contributed by atoms with Crippen molar-refractivity contribution in [1.82, 2.24) is 15.5 Å². The third-order valence-electron chi connectivity index (χ3n) is 6.26. The topological polar surface area (TPSA) is 87.7 Å². The maximum Gasteiger partial charge on any atom is 0.440 e. The number of carbonyl (C=O) groups is 3. The van der Waals surface area contributed by atoms with Crippen LogP contribution in [0.2, 0.25) is 0 Å². The van der Waals surface area contributed by atoms with Crippen LogP contribution >= 0.6 is 0 Å². The molecule has 0 aromatic heterocycles. The first-order chi connectivity index (χ1) is 14.9. The molecule has 0 unspecified atom stereocenters. The maximum atomic E-state index is 14.1. The third kappa shape index (κ3) is 4.27. The van der Waals surface area contributed by atoms with Crippen LogP contribution in [0.15, 0.2) is 24.3 Å². The molecule has 2 aliphatic rings. The van der Waals surface area contributed by atoms with Crippen molar-refractivity contribution in [2.45, 2.75) is 70.9 Å². The highest BCUT2D eigenvalue weighted by molar-refractivity contribution is 6.10. The molecule has 1 aliphatic heterocycles. The minimum absolute atomic E-state index is 0.107. The fourth-order valence-electron chi connectivity index (χ4n) is 4.31. The van der Waals surface area contributed by atoms with Gasteiger partial charge in [0.2, 0.25) is 0 Å². The zero-order valence-corrected chi connectivity index (χ0v) is 18.5. The Kier molecular flexibility index (Phi) is 6.44. The van der Waals surface area contributed by atoms with E-state index in [9.17, 15) is 27.6 Å². The van der Waals surface area contributed by atoms with Gasteiger partial charge in [0.25, 0.3) is 17.5 Å². The predicted octanol–water partition coefficient (Wildman–Crippen LogP) is 3.84. The van der Waals surface area contributed by atoms with E-state index < -0.39 is 35.7 Å². The summed E-state index contributed by atoms with van der Waals surface area (Å²) in [5.41, 5.74) is -3.63. The summed E-state index contributed by atoms with van der Waals surface area (Å²) in [5, 5.41) is 3.49. The number of halogens is 3. The van der Waals surface area contributed by atoms with Crippen molar-refractivity contribution in [3.8, 4) is 5.75 Å². The van der Waals surface area contributed by atoms with E-state index >= 15 is 0 Å². The van der Waals surface area contributed by atoms with E-state index in [0.29, 0.717) is 23.5 Å². The molecule has 7 nitrogen and oxygen atoms in total. The number of carbonyl (C=O) groups excluding carboxylic acids is 3. The van der Waals surface area contributed by atoms with Gasteiger partial charge in [-0.25, -0.2) is 4.79 Å². The Labute approximate surface area is 184 Å². The van der Waals surface area contributed by atoms with Crippen LogP contribution in [-0.2, 0) is 4.79 Å². The summed E-state index contributed by atoms with van der Waals surface area (Å²) in [6.07, 6.45) is -3.37. The van der Waals surface area contributed by atoms with Crippen molar-refractivity contribution < 1.29 is 32.3 Å². The Bertz CT molecular complexity index is 887. The summed E-state index contributed by atoms with van der Waals surface area (Å²) in [6.45, 7) is 7.38. The molecular formula is C22H28F3N3O4. The van der Waals surface area contributed by atoms with Gasteiger partial charge in [0.15, 0.2) is 0 Å². The van der Waals surface area contributed by atoms with E-state index in [0.717, 1.165) is 6.42 Å². The average molecular weight is 455 g/mol. The maximum absolute atomic E-state index is 14.1. The van der Waals surface area contributed by atoms with Gasteiger partial charge in [-0.2, -0.15) is 13.2 Å². The molecule has 0 bridgehead atoms. The number of amides is 4. The number of rotatable bonds is 5. The molecule has 10 heteroatoms. The summed E-state index contributed by atoms with van der Waals surface area (Å²) in [4.78, 5) is 39.0. The summed E-state index contributed by atoms with van der Waals surface area (Å²) >= 11 is 0. The van der Waals surface area contributed by atoms with Crippen LogP contribution in [0.3, 0.4) is 0 Å². The molecule has 1 aliphatic carbocycles. The second kappa shape index (κ2) is 8.63. The molecule has 1 aromatic rings. The van der Waals surface area contributed by atoms with Crippen LogP contribution in [0, 0.1) is 11.8 Å². The highest BCUT2D eigenvalue weighted by Crippen LogP contribution is 2.39. The molecule has 4 atom stereocenters. The second-order valence-electron chi connectivity index (χ2n) is 8.83. The van der Waals surface area contributed by atoms with Crippen molar-refractivity contribution in [2.24, 2.45) is 11.8 Å². The van der Waals surface area contributed by atoms with Crippen molar-refractivity contribution in [2.75, 3.05) is 0 Å². The zero-order chi connectivity index (χ0) is 23.8. The molecule has 0 spiro atoms. The first-order valence-electron chi connectivity index (χ1n) is 10.7. The highest BCUT2D eigenvalue weighted by Gasteiger charge is 2.69. The number of ether oxygens (including phenoxy) is 1. The fourth-order valence-corrected chi connectivity index (χ4v) is 4.31. The van der Waals surface area contributed by atoms with Crippen molar-refractivity contribution in [3.05, 3.63) is 29.8 Å². The molecule has 176 valence electrons. The SMILES string of the molecule is CC(C)Oc1ccc(C(=O)N[C@]2(C(F)(F)F)NC(=O)N([C@@H]3CCC[C@@H](C)[C@@H]3C)C2=O)cc1. The highest BCUT2D eigenvalue weighted by atomic mass is 19.4. The third-order valence-corrected chi connectivity index (χ3v) is 6.26. The van der Waals surface area contributed by atoms with Gasteiger partial charge in [0.05, 0.1) is 6.10 Å². The first kappa shape index (κ1) is 23.9. The molecule has 2 fully saturated rings. The number of imide groups is 1. The van der Waals surface area contributed by atoms with Crippen LogP contribution in [0.5, 0.6) is 5.75 Å². The molecule has 1 aromatic carbocycles. The Morgan fingerprint density at radius 1 is 1.19 bits per heavy atom. The van der Waals surface area contributed by atoms with E-state index in [2.05, 4.69) is 0 Å². The smallest absolute Gasteiger partial charge is 0.440 e. The number of alkyl halides is 3. The van der Waals surface area contributed by atoms with Crippen LogP contribution in [0.4, 0.5) is 18.0 Å². The molecule has 4 amide bonds. The van der Waals surface area contributed by atoms with E-state index in [-0.39, 0.29) is 23.5 Å². The Hall–Kier alpha value is -2.78. The van der Waals surface area contributed by atoms with Crippen LogP contribution in [0.1, 0.15) is 57.3 Å². The van der Waals surface area contributed by atoms with Crippen LogP contribution in [-0.4, -0.2) is 46.7 Å². The molecule has 32 heavy (non-hydrogen) atoms. The quantitative estimate of drug-likeness (QED) is 0.661. The molecule has 1 saturated heterocycles. The molecule has 1 saturated carbocycles.